The minimum absolute atomic E-state index is 0.252. The molecule has 5 nitrogen and oxygen atoms in total. The Balaban J connectivity index is 2.07. The molecule has 0 aliphatic carbocycles. The van der Waals surface area contributed by atoms with Crippen molar-refractivity contribution in [1.82, 2.24) is 10.2 Å². The average molecular weight is 277 g/mol. The van der Waals surface area contributed by atoms with Crippen LogP contribution in [0.1, 0.15) is 17.4 Å². The predicted molar refractivity (Wildman–Crippen MR) is 75.6 cm³/mol. The Hall–Kier alpha value is -2.14. The molecule has 0 saturated carbocycles. The summed E-state index contributed by atoms with van der Waals surface area (Å²) in [6, 6.07) is 10.2. The maximum atomic E-state index is 11.9. The number of hydrogen-bond acceptors (Lipinski definition) is 4. The Morgan fingerprint density at radius 2 is 2.11 bits per heavy atom. The van der Waals surface area contributed by atoms with E-state index in [1.807, 2.05) is 6.92 Å². The van der Waals surface area contributed by atoms with Gasteiger partial charge >= 0.3 is 0 Å². The summed E-state index contributed by atoms with van der Waals surface area (Å²) in [6.45, 7) is 2.71. The first-order chi connectivity index (χ1) is 9.19. The molecular formula is C13H13ClN4O. The van der Waals surface area contributed by atoms with Gasteiger partial charge in [0.2, 0.25) is 0 Å². The molecule has 0 unspecified atom stereocenters. The van der Waals surface area contributed by atoms with Gasteiger partial charge in [-0.2, -0.15) is 0 Å². The second kappa shape index (κ2) is 6.15. The van der Waals surface area contributed by atoms with E-state index in [0.29, 0.717) is 16.5 Å². The van der Waals surface area contributed by atoms with Gasteiger partial charge in [-0.15, -0.1) is 10.2 Å². The van der Waals surface area contributed by atoms with Crippen LogP contribution < -0.4 is 10.6 Å². The predicted octanol–water partition coefficient (Wildman–Crippen LogP) is 2.81. The van der Waals surface area contributed by atoms with Crippen LogP contribution in [0.25, 0.3) is 0 Å². The van der Waals surface area contributed by atoms with Crippen molar-refractivity contribution in [3.8, 4) is 0 Å². The highest BCUT2D eigenvalue weighted by atomic mass is 35.5. The molecule has 0 aliphatic heterocycles. The number of carbonyl (C=O) groups excluding carboxylic acids is 1. The zero-order valence-electron chi connectivity index (χ0n) is 10.4. The van der Waals surface area contributed by atoms with Crippen LogP contribution in [0.4, 0.5) is 11.5 Å². The molecule has 2 rings (SSSR count). The first kappa shape index (κ1) is 13.3. The Morgan fingerprint density at radius 3 is 2.74 bits per heavy atom. The van der Waals surface area contributed by atoms with E-state index < -0.39 is 0 Å². The molecule has 0 radical (unpaired) electrons. The third kappa shape index (κ3) is 3.66. The first-order valence-electron chi connectivity index (χ1n) is 5.83. The lowest BCUT2D eigenvalue weighted by Crippen LogP contribution is -2.14. The van der Waals surface area contributed by atoms with Crippen LogP contribution in [-0.2, 0) is 0 Å². The van der Waals surface area contributed by atoms with Crippen molar-refractivity contribution >= 4 is 29.0 Å². The van der Waals surface area contributed by atoms with Crippen LogP contribution in [0.15, 0.2) is 36.4 Å². The molecule has 0 saturated heterocycles. The normalized spacial score (nSPS) is 10.0. The van der Waals surface area contributed by atoms with E-state index in [4.69, 9.17) is 11.6 Å². The van der Waals surface area contributed by atoms with Gasteiger partial charge in [0.05, 0.1) is 0 Å². The molecule has 98 valence electrons. The molecule has 2 aromatic rings. The minimum Gasteiger partial charge on any atom is -0.369 e. The molecule has 1 amide bonds. The summed E-state index contributed by atoms with van der Waals surface area (Å²) < 4.78 is 0. The third-order valence-electron chi connectivity index (χ3n) is 2.34. The lowest BCUT2D eigenvalue weighted by Gasteiger charge is -2.05. The second-order valence-electron chi connectivity index (χ2n) is 3.80. The van der Waals surface area contributed by atoms with Crippen molar-refractivity contribution in [1.29, 1.82) is 0 Å². The average Bonchev–Trinajstić information content (AvgIpc) is 2.40. The molecular weight excluding hydrogens is 264 g/mol. The summed E-state index contributed by atoms with van der Waals surface area (Å²) in [5.41, 5.74) is 0.872. The lowest BCUT2D eigenvalue weighted by molar-refractivity contribution is 0.102. The maximum Gasteiger partial charge on any atom is 0.276 e. The van der Waals surface area contributed by atoms with E-state index in [9.17, 15) is 4.79 Å². The number of nitrogens with one attached hydrogen (secondary N) is 2. The molecule has 0 spiro atoms. The number of hydrogen-bond donors (Lipinski definition) is 2. The van der Waals surface area contributed by atoms with E-state index in [1.165, 1.54) is 0 Å². The summed E-state index contributed by atoms with van der Waals surface area (Å²) in [5, 5.41) is 14.0. The molecule has 0 bridgehead atoms. The van der Waals surface area contributed by atoms with Crippen molar-refractivity contribution in [2.45, 2.75) is 6.92 Å². The SMILES string of the molecule is CCNc1ccc(C(=O)Nc2cccc(Cl)c2)nn1. The fourth-order valence-electron chi connectivity index (χ4n) is 1.49. The molecule has 0 atom stereocenters. The minimum atomic E-state index is -0.321. The Kier molecular flexibility index (Phi) is 4.30. The summed E-state index contributed by atoms with van der Waals surface area (Å²) in [4.78, 5) is 11.9. The van der Waals surface area contributed by atoms with Crippen LogP contribution in [0.2, 0.25) is 5.02 Å². The Bertz CT molecular complexity index is 571. The van der Waals surface area contributed by atoms with Crippen LogP contribution in [0.5, 0.6) is 0 Å². The van der Waals surface area contributed by atoms with Crippen LogP contribution in [-0.4, -0.2) is 22.6 Å². The molecule has 2 N–H and O–H groups in total. The molecule has 1 heterocycles. The fraction of sp³-hybridized carbons (Fsp3) is 0.154. The highest BCUT2D eigenvalue weighted by Gasteiger charge is 2.08. The van der Waals surface area contributed by atoms with Crippen molar-refractivity contribution in [3.05, 3.63) is 47.1 Å². The van der Waals surface area contributed by atoms with E-state index in [-0.39, 0.29) is 11.6 Å². The highest BCUT2D eigenvalue weighted by Crippen LogP contribution is 2.15. The third-order valence-corrected chi connectivity index (χ3v) is 2.57. The lowest BCUT2D eigenvalue weighted by atomic mass is 10.3. The largest absolute Gasteiger partial charge is 0.369 e. The Morgan fingerprint density at radius 1 is 1.26 bits per heavy atom. The van der Waals surface area contributed by atoms with Gasteiger partial charge in [0, 0.05) is 17.3 Å². The smallest absolute Gasteiger partial charge is 0.276 e. The number of amides is 1. The molecule has 1 aromatic carbocycles. The van der Waals surface area contributed by atoms with Crippen molar-refractivity contribution in [3.63, 3.8) is 0 Å². The van der Waals surface area contributed by atoms with Crippen LogP contribution >= 0.6 is 11.6 Å². The quantitative estimate of drug-likeness (QED) is 0.901. The topological polar surface area (TPSA) is 66.9 Å². The van der Waals surface area contributed by atoms with Gasteiger partial charge in [0.15, 0.2) is 5.69 Å². The second-order valence-corrected chi connectivity index (χ2v) is 4.24. The van der Waals surface area contributed by atoms with Gasteiger partial charge in [-0.05, 0) is 37.3 Å². The van der Waals surface area contributed by atoms with E-state index in [1.54, 1.807) is 36.4 Å². The number of benzene rings is 1. The number of nitrogens with zero attached hydrogens (tertiary/aromatic N) is 2. The standard InChI is InChI=1S/C13H13ClN4O/c1-2-15-12-7-6-11(17-18-12)13(19)16-10-5-3-4-9(14)8-10/h3-8H,2H2,1H3,(H,15,18)(H,16,19). The number of aromatic nitrogens is 2. The summed E-state index contributed by atoms with van der Waals surface area (Å²) >= 11 is 5.84. The zero-order chi connectivity index (χ0) is 13.7. The van der Waals surface area contributed by atoms with Gasteiger partial charge in [0.1, 0.15) is 5.82 Å². The summed E-state index contributed by atoms with van der Waals surface area (Å²) in [6.07, 6.45) is 0. The van der Waals surface area contributed by atoms with Gasteiger partial charge in [-0.25, -0.2) is 0 Å². The van der Waals surface area contributed by atoms with Crippen molar-refractivity contribution in [2.75, 3.05) is 17.2 Å². The van der Waals surface area contributed by atoms with Gasteiger partial charge < -0.3 is 10.6 Å². The number of anilines is 2. The van der Waals surface area contributed by atoms with E-state index in [0.717, 1.165) is 6.54 Å². The number of rotatable bonds is 4. The number of carbonyl (C=O) groups is 1. The number of halogens is 1. The molecule has 6 heteroatoms. The summed E-state index contributed by atoms with van der Waals surface area (Å²) in [7, 11) is 0. The molecule has 1 aromatic heterocycles. The van der Waals surface area contributed by atoms with E-state index >= 15 is 0 Å². The van der Waals surface area contributed by atoms with Crippen LogP contribution in [0.3, 0.4) is 0 Å². The van der Waals surface area contributed by atoms with Gasteiger partial charge in [-0.1, -0.05) is 17.7 Å². The molecule has 0 aliphatic rings. The first-order valence-corrected chi connectivity index (χ1v) is 6.21. The van der Waals surface area contributed by atoms with Gasteiger partial charge in [-0.3, -0.25) is 4.79 Å². The Labute approximate surface area is 116 Å². The zero-order valence-corrected chi connectivity index (χ0v) is 11.1. The molecule has 0 fully saturated rings. The van der Waals surface area contributed by atoms with Crippen molar-refractivity contribution < 1.29 is 4.79 Å². The maximum absolute atomic E-state index is 11.9. The monoisotopic (exact) mass is 276 g/mol. The fourth-order valence-corrected chi connectivity index (χ4v) is 1.68. The van der Waals surface area contributed by atoms with E-state index in [2.05, 4.69) is 20.8 Å². The molecule has 19 heavy (non-hydrogen) atoms. The highest BCUT2D eigenvalue weighted by molar-refractivity contribution is 6.30. The van der Waals surface area contributed by atoms with Crippen molar-refractivity contribution in [2.24, 2.45) is 0 Å². The van der Waals surface area contributed by atoms with Crippen LogP contribution in [0, 0.1) is 0 Å². The summed E-state index contributed by atoms with van der Waals surface area (Å²) in [5.74, 6) is 0.319. The van der Waals surface area contributed by atoms with Gasteiger partial charge in [0.25, 0.3) is 5.91 Å².